The number of methoxy groups -OCH3 is 1. The van der Waals surface area contributed by atoms with Gasteiger partial charge in [0.2, 0.25) is 5.91 Å². The van der Waals surface area contributed by atoms with Crippen molar-refractivity contribution in [3.8, 4) is 0 Å². The molecule has 2 rings (SSSR count). The van der Waals surface area contributed by atoms with E-state index in [-0.39, 0.29) is 11.9 Å². The highest BCUT2D eigenvalue weighted by Gasteiger charge is 2.36. The number of rotatable bonds is 13. The van der Waals surface area contributed by atoms with Crippen LogP contribution >= 0.6 is 0 Å². The van der Waals surface area contributed by atoms with E-state index in [1.165, 1.54) is 26.4 Å². The summed E-state index contributed by atoms with van der Waals surface area (Å²) in [5, 5.41) is 5.89. The van der Waals surface area contributed by atoms with E-state index in [2.05, 4.69) is 24.5 Å². The van der Waals surface area contributed by atoms with Gasteiger partial charge in [-0.1, -0.05) is 64.5 Å². The van der Waals surface area contributed by atoms with E-state index in [9.17, 15) is 14.4 Å². The van der Waals surface area contributed by atoms with Gasteiger partial charge in [-0.05, 0) is 37.5 Å². The Bertz CT molecular complexity index is 850. The van der Waals surface area contributed by atoms with Crippen molar-refractivity contribution >= 4 is 23.6 Å². The lowest BCUT2D eigenvalue weighted by Gasteiger charge is -2.35. The lowest BCUT2D eigenvalue weighted by Crippen LogP contribution is -2.48. The predicted molar refractivity (Wildman–Crippen MR) is 131 cm³/mol. The molecular formula is C26H39N3O4. The van der Waals surface area contributed by atoms with Gasteiger partial charge in [-0.2, -0.15) is 0 Å². The first-order valence-corrected chi connectivity index (χ1v) is 12.2. The van der Waals surface area contributed by atoms with E-state index >= 15 is 0 Å². The zero-order valence-electron chi connectivity index (χ0n) is 20.5. The van der Waals surface area contributed by atoms with Gasteiger partial charge in [0, 0.05) is 24.4 Å². The SMILES string of the molecule is CCCCCCCCC(=O)Nc1cccc([C@@H]2NC(=O)N(CCCC)C(C)=C2C(=O)OC)c1. The van der Waals surface area contributed by atoms with E-state index in [4.69, 9.17) is 4.74 Å². The molecule has 0 radical (unpaired) electrons. The van der Waals surface area contributed by atoms with Gasteiger partial charge in [0.1, 0.15) is 0 Å². The van der Waals surface area contributed by atoms with Crippen molar-refractivity contribution in [3.05, 3.63) is 41.1 Å². The largest absolute Gasteiger partial charge is 0.466 e. The monoisotopic (exact) mass is 457 g/mol. The molecule has 1 aliphatic heterocycles. The van der Waals surface area contributed by atoms with Crippen molar-refractivity contribution in [2.45, 2.75) is 84.6 Å². The van der Waals surface area contributed by atoms with Gasteiger partial charge in [-0.25, -0.2) is 9.59 Å². The Morgan fingerprint density at radius 3 is 2.45 bits per heavy atom. The molecule has 0 fully saturated rings. The number of hydrogen-bond acceptors (Lipinski definition) is 4. The summed E-state index contributed by atoms with van der Waals surface area (Å²) in [4.78, 5) is 39.4. The minimum Gasteiger partial charge on any atom is -0.466 e. The third kappa shape index (κ3) is 7.62. The molecule has 0 bridgehead atoms. The summed E-state index contributed by atoms with van der Waals surface area (Å²) in [6, 6.07) is 6.40. The maximum atomic E-state index is 12.8. The molecule has 1 atom stereocenters. The molecule has 0 aliphatic carbocycles. The highest BCUT2D eigenvalue weighted by molar-refractivity contribution is 5.95. The molecule has 1 aromatic rings. The number of nitrogens with one attached hydrogen (secondary N) is 2. The molecule has 2 N–H and O–H groups in total. The Labute approximate surface area is 197 Å². The van der Waals surface area contributed by atoms with Crippen LogP contribution in [-0.4, -0.2) is 36.5 Å². The molecule has 0 unspecified atom stereocenters. The average molecular weight is 458 g/mol. The van der Waals surface area contributed by atoms with E-state index < -0.39 is 12.0 Å². The first-order valence-electron chi connectivity index (χ1n) is 12.2. The van der Waals surface area contributed by atoms with Gasteiger partial charge < -0.3 is 15.4 Å². The van der Waals surface area contributed by atoms with Crippen molar-refractivity contribution in [2.24, 2.45) is 0 Å². The Kier molecular flexibility index (Phi) is 10.9. The van der Waals surface area contributed by atoms with Crippen molar-refractivity contribution in [2.75, 3.05) is 19.0 Å². The zero-order valence-corrected chi connectivity index (χ0v) is 20.5. The van der Waals surface area contributed by atoms with Gasteiger partial charge in [0.15, 0.2) is 0 Å². The summed E-state index contributed by atoms with van der Waals surface area (Å²) in [6.45, 7) is 6.56. The lowest BCUT2D eigenvalue weighted by molar-refractivity contribution is -0.136. The van der Waals surface area contributed by atoms with Gasteiger partial charge in [0.25, 0.3) is 0 Å². The van der Waals surface area contributed by atoms with Gasteiger partial charge in [-0.3, -0.25) is 9.69 Å². The Balaban J connectivity index is 2.13. The fourth-order valence-corrected chi connectivity index (χ4v) is 4.08. The number of anilines is 1. The molecule has 0 spiro atoms. The van der Waals surface area contributed by atoms with E-state index in [1.54, 1.807) is 11.8 Å². The third-order valence-corrected chi connectivity index (χ3v) is 6.00. The molecule has 1 aliphatic rings. The molecule has 0 saturated heterocycles. The molecule has 7 nitrogen and oxygen atoms in total. The summed E-state index contributed by atoms with van der Waals surface area (Å²) < 4.78 is 5.03. The second kappa shape index (κ2) is 13.7. The van der Waals surface area contributed by atoms with Crippen molar-refractivity contribution < 1.29 is 19.1 Å². The summed E-state index contributed by atoms with van der Waals surface area (Å²) in [7, 11) is 1.34. The number of amides is 3. The fourth-order valence-electron chi connectivity index (χ4n) is 4.08. The number of esters is 1. The molecule has 0 saturated carbocycles. The minimum absolute atomic E-state index is 0.0269. The topological polar surface area (TPSA) is 87.7 Å². The fraction of sp³-hybridized carbons (Fsp3) is 0.577. The first kappa shape index (κ1) is 26.4. The second-order valence-corrected chi connectivity index (χ2v) is 8.57. The Morgan fingerprint density at radius 2 is 1.76 bits per heavy atom. The smallest absolute Gasteiger partial charge is 0.337 e. The highest BCUT2D eigenvalue weighted by atomic mass is 16.5. The average Bonchev–Trinajstić information content (AvgIpc) is 2.80. The number of ether oxygens (including phenoxy) is 1. The number of hydrogen-bond donors (Lipinski definition) is 2. The van der Waals surface area contributed by atoms with E-state index in [0.717, 1.165) is 37.7 Å². The molecule has 33 heavy (non-hydrogen) atoms. The van der Waals surface area contributed by atoms with Crippen molar-refractivity contribution in [1.82, 2.24) is 10.2 Å². The number of carbonyl (C=O) groups is 3. The van der Waals surface area contributed by atoms with Crippen LogP contribution in [0.3, 0.4) is 0 Å². The summed E-state index contributed by atoms with van der Waals surface area (Å²) in [5.41, 5.74) is 2.37. The van der Waals surface area contributed by atoms with Crippen LogP contribution < -0.4 is 10.6 Å². The molecule has 1 aromatic carbocycles. The van der Waals surface area contributed by atoms with Crippen LogP contribution in [-0.2, 0) is 14.3 Å². The number of unbranched alkanes of at least 4 members (excludes halogenated alkanes) is 6. The summed E-state index contributed by atoms with van der Waals surface area (Å²) >= 11 is 0. The van der Waals surface area contributed by atoms with E-state index in [1.807, 2.05) is 24.3 Å². The zero-order chi connectivity index (χ0) is 24.2. The van der Waals surface area contributed by atoms with Crippen molar-refractivity contribution in [3.63, 3.8) is 0 Å². The van der Waals surface area contributed by atoms with Crippen LogP contribution in [0.15, 0.2) is 35.5 Å². The molecule has 3 amide bonds. The summed E-state index contributed by atoms with van der Waals surface area (Å²) in [5.74, 6) is -0.502. The number of urea groups is 1. The quantitative estimate of drug-likeness (QED) is 0.294. The van der Waals surface area contributed by atoms with Crippen LogP contribution in [0.5, 0.6) is 0 Å². The normalized spacial score (nSPS) is 15.9. The maximum Gasteiger partial charge on any atom is 0.337 e. The van der Waals surface area contributed by atoms with E-state index in [0.29, 0.717) is 29.9 Å². The predicted octanol–water partition coefficient (Wildman–Crippen LogP) is 5.69. The van der Waals surface area contributed by atoms with Gasteiger partial charge in [0.05, 0.1) is 18.7 Å². The maximum absolute atomic E-state index is 12.8. The van der Waals surface area contributed by atoms with Crippen LogP contribution in [0.1, 0.15) is 90.2 Å². The Hall–Kier alpha value is -2.83. The summed E-state index contributed by atoms with van der Waals surface area (Å²) in [6.07, 6.45) is 9.02. The van der Waals surface area contributed by atoms with Crippen LogP contribution in [0.25, 0.3) is 0 Å². The molecule has 1 heterocycles. The molecular weight excluding hydrogens is 418 g/mol. The number of carbonyl (C=O) groups excluding carboxylic acids is 3. The standard InChI is InChI=1S/C26H39N3O4/c1-5-7-9-10-11-12-16-22(30)27-21-15-13-14-20(18-21)24-23(25(31)33-4)19(3)29(17-8-6-2)26(32)28-24/h13-15,18,24H,5-12,16-17H2,1-4H3,(H,27,30)(H,28,32)/t24-/m0/s1. The molecule has 7 heteroatoms. The minimum atomic E-state index is -0.641. The lowest BCUT2D eigenvalue weighted by atomic mass is 9.94. The highest BCUT2D eigenvalue weighted by Crippen LogP contribution is 2.32. The van der Waals surface area contributed by atoms with Crippen LogP contribution in [0, 0.1) is 0 Å². The van der Waals surface area contributed by atoms with Gasteiger partial charge >= 0.3 is 12.0 Å². The molecule has 0 aromatic heterocycles. The Morgan fingerprint density at radius 1 is 1.06 bits per heavy atom. The van der Waals surface area contributed by atoms with Gasteiger partial charge in [-0.15, -0.1) is 0 Å². The number of allylic oxidation sites excluding steroid dienone is 1. The second-order valence-electron chi connectivity index (χ2n) is 8.57. The number of benzene rings is 1. The third-order valence-electron chi connectivity index (χ3n) is 6.00. The number of nitrogens with zero attached hydrogens (tertiary/aromatic N) is 1. The first-order chi connectivity index (χ1) is 15.9. The molecule has 182 valence electrons. The van der Waals surface area contributed by atoms with Crippen molar-refractivity contribution in [1.29, 1.82) is 0 Å². The van der Waals surface area contributed by atoms with Crippen LogP contribution in [0.2, 0.25) is 0 Å². The van der Waals surface area contributed by atoms with Crippen LogP contribution in [0.4, 0.5) is 10.5 Å².